The van der Waals surface area contributed by atoms with Gasteiger partial charge in [-0.3, -0.25) is 24.5 Å². The van der Waals surface area contributed by atoms with Crippen molar-refractivity contribution in [2.75, 3.05) is 17.3 Å². The molecular formula is C24H16ClN3O6. The smallest absolute Gasteiger partial charge is 0.288 e. The number of hydrogen-bond acceptors (Lipinski definition) is 6. The molecule has 10 heteroatoms. The van der Waals surface area contributed by atoms with Crippen LogP contribution in [0.4, 0.5) is 17.1 Å². The zero-order valence-electron chi connectivity index (χ0n) is 17.7. The molecule has 1 aliphatic heterocycles. The van der Waals surface area contributed by atoms with Crippen LogP contribution in [0.25, 0.3) is 6.08 Å². The molecule has 0 fully saturated rings. The minimum Gasteiger partial charge on any atom is -0.494 e. The quantitative estimate of drug-likeness (QED) is 0.238. The summed E-state index contributed by atoms with van der Waals surface area (Å²) in [6.45, 7) is 0. The van der Waals surface area contributed by atoms with Crippen molar-refractivity contribution in [3.05, 3.63) is 98.6 Å². The number of nitrogens with one attached hydrogen (secondary N) is 1. The Morgan fingerprint density at radius 3 is 2.35 bits per heavy atom. The van der Waals surface area contributed by atoms with Gasteiger partial charge in [0.15, 0.2) is 0 Å². The van der Waals surface area contributed by atoms with Gasteiger partial charge in [-0.2, -0.15) is 0 Å². The molecule has 4 rings (SSSR count). The van der Waals surface area contributed by atoms with Gasteiger partial charge in [-0.05, 0) is 42.0 Å². The number of carbonyl (C=O) groups excluding carboxylic acids is 3. The summed E-state index contributed by atoms with van der Waals surface area (Å²) in [7, 11) is 1.38. The van der Waals surface area contributed by atoms with Crippen LogP contribution in [0.1, 0.15) is 26.3 Å². The molecule has 0 spiro atoms. The van der Waals surface area contributed by atoms with Gasteiger partial charge < -0.3 is 10.1 Å². The Bertz CT molecular complexity index is 1350. The van der Waals surface area contributed by atoms with Crippen LogP contribution in [-0.4, -0.2) is 29.8 Å². The van der Waals surface area contributed by atoms with Crippen LogP contribution in [0, 0.1) is 10.1 Å². The zero-order valence-corrected chi connectivity index (χ0v) is 18.4. The number of rotatable bonds is 6. The fourth-order valence-corrected chi connectivity index (χ4v) is 3.66. The minimum atomic E-state index is -0.609. The topological polar surface area (TPSA) is 119 Å². The van der Waals surface area contributed by atoms with E-state index in [9.17, 15) is 24.5 Å². The molecule has 3 amide bonds. The summed E-state index contributed by atoms with van der Waals surface area (Å²) in [5.74, 6) is -1.22. The predicted molar refractivity (Wildman–Crippen MR) is 126 cm³/mol. The van der Waals surface area contributed by atoms with Crippen molar-refractivity contribution in [3.8, 4) is 5.75 Å². The van der Waals surface area contributed by atoms with Gasteiger partial charge >= 0.3 is 0 Å². The van der Waals surface area contributed by atoms with Crippen LogP contribution >= 0.6 is 11.6 Å². The molecule has 0 radical (unpaired) electrons. The Kier molecular flexibility index (Phi) is 6.11. The normalized spacial score (nSPS) is 12.7. The highest BCUT2D eigenvalue weighted by molar-refractivity contribution is 6.35. The number of ether oxygens (including phenoxy) is 1. The number of nitro benzene ring substituents is 1. The number of nitro groups is 1. The van der Waals surface area contributed by atoms with Crippen LogP contribution in [0.2, 0.25) is 5.02 Å². The van der Waals surface area contributed by atoms with E-state index >= 15 is 0 Å². The fraction of sp³-hybridized carbons (Fsp3) is 0.0417. The average Bonchev–Trinajstić information content (AvgIpc) is 3.08. The SMILES string of the molecule is COc1cc(NC(=O)/C=C/c2ccc(Cl)c([N+](=O)[O-])c2)ccc1N1C(=O)c2ccccc2C1=O. The molecule has 1 N–H and O–H groups in total. The molecule has 1 aliphatic rings. The van der Waals surface area contributed by atoms with E-state index in [0.717, 1.165) is 4.90 Å². The Morgan fingerprint density at radius 2 is 1.74 bits per heavy atom. The van der Waals surface area contributed by atoms with Crippen LogP contribution < -0.4 is 15.0 Å². The van der Waals surface area contributed by atoms with E-state index in [1.165, 1.54) is 49.6 Å². The lowest BCUT2D eigenvalue weighted by molar-refractivity contribution is -0.384. The average molecular weight is 478 g/mol. The van der Waals surface area contributed by atoms with Crippen molar-refractivity contribution in [3.63, 3.8) is 0 Å². The summed E-state index contributed by atoms with van der Waals surface area (Å²) >= 11 is 5.79. The molecule has 0 saturated carbocycles. The maximum absolute atomic E-state index is 12.8. The second kappa shape index (κ2) is 9.16. The molecule has 0 saturated heterocycles. The summed E-state index contributed by atoms with van der Waals surface area (Å²) < 4.78 is 5.36. The highest BCUT2D eigenvalue weighted by atomic mass is 35.5. The van der Waals surface area contributed by atoms with E-state index in [1.807, 2.05) is 0 Å². The molecule has 9 nitrogen and oxygen atoms in total. The minimum absolute atomic E-state index is 0.00292. The summed E-state index contributed by atoms with van der Waals surface area (Å²) in [6.07, 6.45) is 2.61. The van der Waals surface area contributed by atoms with Crippen molar-refractivity contribution in [1.29, 1.82) is 0 Å². The monoisotopic (exact) mass is 477 g/mol. The van der Waals surface area contributed by atoms with Crippen molar-refractivity contribution >= 4 is 52.5 Å². The third-order valence-electron chi connectivity index (χ3n) is 5.08. The van der Waals surface area contributed by atoms with Crippen LogP contribution in [0.15, 0.2) is 66.7 Å². The number of methoxy groups -OCH3 is 1. The summed E-state index contributed by atoms with van der Waals surface area (Å²) in [5.41, 5.74) is 1.37. The van der Waals surface area contributed by atoms with E-state index in [4.69, 9.17) is 16.3 Å². The van der Waals surface area contributed by atoms with E-state index in [-0.39, 0.29) is 22.1 Å². The van der Waals surface area contributed by atoms with E-state index < -0.39 is 22.6 Å². The number of anilines is 2. The number of halogens is 1. The molecule has 3 aromatic carbocycles. The number of fused-ring (bicyclic) bond motifs is 1. The first-order chi connectivity index (χ1) is 16.3. The lowest BCUT2D eigenvalue weighted by atomic mass is 10.1. The second-order valence-electron chi connectivity index (χ2n) is 7.17. The van der Waals surface area contributed by atoms with Crippen molar-refractivity contribution < 1.29 is 24.0 Å². The molecule has 0 bridgehead atoms. The van der Waals surface area contributed by atoms with Gasteiger partial charge in [0.05, 0.1) is 28.8 Å². The Labute approximate surface area is 198 Å². The van der Waals surface area contributed by atoms with Crippen LogP contribution in [0.5, 0.6) is 5.75 Å². The second-order valence-corrected chi connectivity index (χ2v) is 7.58. The Hall–Kier alpha value is -4.50. The molecule has 0 aromatic heterocycles. The zero-order chi connectivity index (χ0) is 24.4. The Morgan fingerprint density at radius 1 is 1.06 bits per heavy atom. The summed E-state index contributed by atoms with van der Waals surface area (Å²) in [6, 6.07) is 15.2. The number of carbonyl (C=O) groups is 3. The first-order valence-corrected chi connectivity index (χ1v) is 10.3. The third kappa shape index (κ3) is 4.24. The highest BCUT2D eigenvalue weighted by Gasteiger charge is 2.37. The van der Waals surface area contributed by atoms with Gasteiger partial charge in [0, 0.05) is 23.9 Å². The summed E-state index contributed by atoms with van der Waals surface area (Å²) in [4.78, 5) is 49.3. The molecule has 0 aliphatic carbocycles. The van der Waals surface area contributed by atoms with Gasteiger partial charge in [0.25, 0.3) is 17.5 Å². The number of amides is 3. The summed E-state index contributed by atoms with van der Waals surface area (Å²) in [5, 5.41) is 13.6. The molecule has 3 aromatic rings. The predicted octanol–water partition coefficient (Wildman–Crippen LogP) is 4.71. The lowest BCUT2D eigenvalue weighted by Crippen LogP contribution is -2.29. The maximum Gasteiger partial charge on any atom is 0.288 e. The largest absolute Gasteiger partial charge is 0.494 e. The van der Waals surface area contributed by atoms with Gasteiger partial charge in [0.1, 0.15) is 10.8 Å². The molecular weight excluding hydrogens is 462 g/mol. The van der Waals surface area contributed by atoms with E-state index in [1.54, 1.807) is 30.3 Å². The van der Waals surface area contributed by atoms with Gasteiger partial charge in [-0.15, -0.1) is 0 Å². The number of imide groups is 1. The maximum atomic E-state index is 12.8. The molecule has 0 atom stereocenters. The third-order valence-corrected chi connectivity index (χ3v) is 5.40. The molecule has 1 heterocycles. The fourth-order valence-electron chi connectivity index (χ4n) is 3.48. The van der Waals surface area contributed by atoms with Crippen molar-refractivity contribution in [2.45, 2.75) is 0 Å². The van der Waals surface area contributed by atoms with Crippen LogP contribution in [0.3, 0.4) is 0 Å². The number of hydrogen-bond donors (Lipinski definition) is 1. The Balaban J connectivity index is 1.53. The van der Waals surface area contributed by atoms with Gasteiger partial charge in [-0.1, -0.05) is 29.8 Å². The first kappa shape index (κ1) is 22.7. The van der Waals surface area contributed by atoms with Gasteiger partial charge in [-0.25, -0.2) is 4.90 Å². The molecule has 0 unspecified atom stereocenters. The van der Waals surface area contributed by atoms with Gasteiger partial charge in [0.2, 0.25) is 5.91 Å². The number of nitrogens with zero attached hydrogens (tertiary/aromatic N) is 2. The van der Waals surface area contributed by atoms with Crippen molar-refractivity contribution in [1.82, 2.24) is 0 Å². The standard InChI is InChI=1S/C24H16ClN3O6/c1-34-21-13-15(26-22(29)11-7-14-6-9-18(25)20(12-14)28(32)33)8-10-19(21)27-23(30)16-4-2-3-5-17(16)24(27)31/h2-13H,1H3,(H,26,29)/b11-7+. The highest BCUT2D eigenvalue weighted by Crippen LogP contribution is 2.36. The first-order valence-electron chi connectivity index (χ1n) is 9.89. The lowest BCUT2D eigenvalue weighted by Gasteiger charge is -2.18. The molecule has 34 heavy (non-hydrogen) atoms. The van der Waals surface area contributed by atoms with Crippen molar-refractivity contribution in [2.24, 2.45) is 0 Å². The van der Waals surface area contributed by atoms with Crippen LogP contribution in [-0.2, 0) is 4.79 Å². The van der Waals surface area contributed by atoms with E-state index in [0.29, 0.717) is 22.4 Å². The molecule has 170 valence electrons. The van der Waals surface area contributed by atoms with E-state index in [2.05, 4.69) is 5.32 Å². The number of benzene rings is 3.